The minimum atomic E-state index is -1.00. The highest BCUT2D eigenvalue weighted by atomic mass is 32.1. The predicted octanol–water partition coefficient (Wildman–Crippen LogP) is -0.420. The highest BCUT2D eigenvalue weighted by Crippen LogP contribution is 2.10. The van der Waals surface area contributed by atoms with Crippen LogP contribution in [-0.4, -0.2) is 41.2 Å². The molecule has 2 rings (SSSR count). The number of nitrogens with two attached hydrogens (primary N) is 1. The van der Waals surface area contributed by atoms with Crippen LogP contribution in [0.15, 0.2) is 10.9 Å². The fourth-order valence-electron chi connectivity index (χ4n) is 1.65. The molecule has 9 heteroatoms. The van der Waals surface area contributed by atoms with Crippen molar-refractivity contribution >= 4 is 29.4 Å². The van der Waals surface area contributed by atoms with Crippen LogP contribution in [0.25, 0.3) is 0 Å². The number of nitrogens with one attached hydrogen (secondary N) is 1. The molecule has 3 N–H and O–H groups in total. The van der Waals surface area contributed by atoms with E-state index in [1.807, 2.05) is 0 Å². The molecule has 1 aromatic heterocycles. The van der Waals surface area contributed by atoms with Gasteiger partial charge in [-0.05, 0) is 6.92 Å². The van der Waals surface area contributed by atoms with Gasteiger partial charge in [-0.25, -0.2) is 19.4 Å². The zero-order valence-corrected chi connectivity index (χ0v) is 11.4. The molecule has 1 saturated heterocycles. The number of aromatic nitrogens is 1. The topological polar surface area (TPSA) is 121 Å². The monoisotopic (exact) mass is 299 g/mol. The summed E-state index contributed by atoms with van der Waals surface area (Å²) >= 11 is 1.38. The van der Waals surface area contributed by atoms with E-state index in [0.29, 0.717) is 5.69 Å². The highest BCUT2D eigenvalue weighted by Gasteiger charge is 2.38. The fourth-order valence-corrected chi connectivity index (χ4v) is 2.22. The van der Waals surface area contributed by atoms with E-state index in [9.17, 15) is 14.4 Å². The van der Waals surface area contributed by atoms with E-state index in [1.165, 1.54) is 18.3 Å². The summed E-state index contributed by atoms with van der Waals surface area (Å²) < 4.78 is 9.36. The van der Waals surface area contributed by atoms with E-state index < -0.39 is 36.2 Å². The Morgan fingerprint density at radius 3 is 2.95 bits per heavy atom. The lowest BCUT2D eigenvalue weighted by molar-refractivity contribution is -0.162. The van der Waals surface area contributed by atoms with Gasteiger partial charge in [0, 0.05) is 11.8 Å². The van der Waals surface area contributed by atoms with Crippen LogP contribution in [0.2, 0.25) is 0 Å². The molecule has 0 saturated carbocycles. The highest BCUT2D eigenvalue weighted by molar-refractivity contribution is 7.07. The van der Waals surface area contributed by atoms with Crippen LogP contribution >= 0.6 is 11.3 Å². The lowest BCUT2D eigenvalue weighted by atomic mass is 10.2. The Bertz CT molecular complexity index is 518. The normalized spacial score (nSPS) is 22.8. The van der Waals surface area contributed by atoms with Gasteiger partial charge < -0.3 is 20.5 Å². The minimum absolute atomic E-state index is 0.179. The molecular formula is C11H13N3O5S. The summed E-state index contributed by atoms with van der Waals surface area (Å²) in [5, 5.41) is 4.01. The fraction of sp³-hybridized carbons (Fsp3) is 0.455. The van der Waals surface area contributed by atoms with Crippen LogP contribution in [0.1, 0.15) is 12.6 Å². The summed E-state index contributed by atoms with van der Waals surface area (Å²) in [6.07, 6.45) is -1.24. The third-order valence-corrected chi connectivity index (χ3v) is 3.34. The Morgan fingerprint density at radius 1 is 1.65 bits per heavy atom. The van der Waals surface area contributed by atoms with Crippen LogP contribution in [-0.2, 0) is 25.5 Å². The number of hydrogen-bond donors (Lipinski definition) is 2. The Morgan fingerprint density at radius 2 is 2.40 bits per heavy atom. The Balaban J connectivity index is 1.87. The van der Waals surface area contributed by atoms with Crippen LogP contribution < -0.4 is 11.1 Å². The molecule has 0 aliphatic carbocycles. The smallest absolute Gasteiger partial charge is 0.408 e. The number of alkyl carbamates (subject to hydrolysis) is 1. The largest absolute Gasteiger partial charge is 0.444 e. The quantitative estimate of drug-likeness (QED) is 0.572. The van der Waals surface area contributed by atoms with Crippen molar-refractivity contribution in [3.8, 4) is 0 Å². The summed E-state index contributed by atoms with van der Waals surface area (Å²) in [5.74, 6) is -1.75. The number of esters is 2. The van der Waals surface area contributed by atoms with Crippen molar-refractivity contribution in [1.29, 1.82) is 0 Å². The van der Waals surface area contributed by atoms with E-state index in [-0.39, 0.29) is 6.42 Å². The van der Waals surface area contributed by atoms with Crippen LogP contribution in [0.4, 0.5) is 4.79 Å². The SMILES string of the molecule is C[C@@H]1OC(=O)N[C@@H]1C(=O)OC(=O)[C@@H](N)Cc1cscn1. The van der Waals surface area contributed by atoms with E-state index in [0.717, 1.165) is 0 Å². The molecule has 1 amide bonds. The zero-order valence-electron chi connectivity index (χ0n) is 10.6. The van der Waals surface area contributed by atoms with Crippen molar-refractivity contribution < 1.29 is 23.9 Å². The summed E-state index contributed by atoms with van der Waals surface area (Å²) in [6, 6.07) is -1.99. The molecular weight excluding hydrogens is 286 g/mol. The molecule has 0 aromatic carbocycles. The van der Waals surface area contributed by atoms with Gasteiger partial charge in [-0.1, -0.05) is 0 Å². The summed E-state index contributed by atoms with van der Waals surface area (Å²) in [5.41, 5.74) is 7.90. The lowest BCUT2D eigenvalue weighted by Crippen LogP contribution is -2.44. The number of carbonyl (C=O) groups is 3. The van der Waals surface area contributed by atoms with Crippen molar-refractivity contribution in [2.75, 3.05) is 0 Å². The van der Waals surface area contributed by atoms with Gasteiger partial charge in [-0.2, -0.15) is 0 Å². The predicted molar refractivity (Wildman–Crippen MR) is 67.8 cm³/mol. The van der Waals surface area contributed by atoms with Gasteiger partial charge in [0.15, 0.2) is 6.04 Å². The van der Waals surface area contributed by atoms with Gasteiger partial charge in [0.2, 0.25) is 0 Å². The average molecular weight is 299 g/mol. The van der Waals surface area contributed by atoms with Gasteiger partial charge >= 0.3 is 18.0 Å². The third kappa shape index (κ3) is 3.31. The summed E-state index contributed by atoms with van der Waals surface area (Å²) in [6.45, 7) is 1.52. The lowest BCUT2D eigenvalue weighted by Gasteiger charge is -2.13. The van der Waals surface area contributed by atoms with E-state index in [4.69, 9.17) is 10.5 Å². The molecule has 2 heterocycles. The number of nitrogens with zero attached hydrogens (tertiary/aromatic N) is 1. The second-order valence-corrected chi connectivity index (χ2v) is 4.98. The van der Waals surface area contributed by atoms with E-state index >= 15 is 0 Å². The first-order valence-corrected chi connectivity index (χ1v) is 6.77. The number of ether oxygens (including phenoxy) is 2. The number of hydrogen-bond acceptors (Lipinski definition) is 8. The molecule has 1 aliphatic rings. The number of rotatable bonds is 4. The number of carbonyl (C=O) groups excluding carboxylic acids is 3. The van der Waals surface area contributed by atoms with Crippen LogP contribution in [0.3, 0.4) is 0 Å². The number of cyclic esters (lactones) is 1. The Kier molecular flexibility index (Phi) is 4.30. The van der Waals surface area contributed by atoms with Gasteiger partial charge in [-0.15, -0.1) is 11.3 Å². The standard InChI is InChI=1S/C11H13N3O5S/c1-5-8(14-11(17)18-5)10(16)19-9(15)7(12)2-6-3-20-4-13-6/h3-5,7-8H,2,12H2,1H3,(H,14,17)/t5-,7-,8-/m0/s1. The molecule has 20 heavy (non-hydrogen) atoms. The molecule has 3 atom stereocenters. The van der Waals surface area contributed by atoms with Crippen molar-refractivity contribution in [1.82, 2.24) is 10.3 Å². The molecule has 0 radical (unpaired) electrons. The van der Waals surface area contributed by atoms with E-state index in [2.05, 4.69) is 15.0 Å². The maximum atomic E-state index is 11.7. The van der Waals surface area contributed by atoms with Gasteiger partial charge in [0.25, 0.3) is 0 Å². The van der Waals surface area contributed by atoms with E-state index in [1.54, 1.807) is 10.9 Å². The summed E-state index contributed by atoms with van der Waals surface area (Å²) in [4.78, 5) is 38.3. The van der Waals surface area contributed by atoms with Crippen molar-refractivity contribution in [3.05, 3.63) is 16.6 Å². The third-order valence-electron chi connectivity index (χ3n) is 2.71. The second-order valence-electron chi connectivity index (χ2n) is 4.26. The minimum Gasteiger partial charge on any atom is -0.444 e. The molecule has 0 bridgehead atoms. The van der Waals surface area contributed by atoms with Crippen LogP contribution in [0, 0.1) is 0 Å². The maximum absolute atomic E-state index is 11.7. The Labute approximate surface area is 118 Å². The summed E-state index contributed by atoms with van der Waals surface area (Å²) in [7, 11) is 0. The number of amides is 1. The Hall–Kier alpha value is -2.00. The van der Waals surface area contributed by atoms with Crippen molar-refractivity contribution in [3.63, 3.8) is 0 Å². The maximum Gasteiger partial charge on any atom is 0.408 e. The van der Waals surface area contributed by atoms with Crippen molar-refractivity contribution in [2.24, 2.45) is 5.73 Å². The molecule has 1 aliphatic heterocycles. The molecule has 0 unspecified atom stereocenters. The van der Waals surface area contributed by atoms with Crippen molar-refractivity contribution in [2.45, 2.75) is 31.5 Å². The first kappa shape index (κ1) is 14.4. The second kappa shape index (κ2) is 5.97. The molecule has 1 aromatic rings. The van der Waals surface area contributed by atoms with Gasteiger partial charge in [-0.3, -0.25) is 0 Å². The zero-order chi connectivity index (χ0) is 14.7. The van der Waals surface area contributed by atoms with Gasteiger partial charge in [0.1, 0.15) is 12.1 Å². The molecule has 8 nitrogen and oxygen atoms in total. The average Bonchev–Trinajstić information content (AvgIpc) is 2.98. The first-order valence-electron chi connectivity index (χ1n) is 5.82. The molecule has 108 valence electrons. The first-order chi connectivity index (χ1) is 9.47. The molecule has 0 spiro atoms. The number of thiazole rings is 1. The molecule has 1 fully saturated rings. The van der Waals surface area contributed by atoms with Crippen LogP contribution in [0.5, 0.6) is 0 Å². The van der Waals surface area contributed by atoms with Gasteiger partial charge in [0.05, 0.1) is 11.2 Å².